The monoisotopic (exact) mass is 255 g/mol. The lowest BCUT2D eigenvalue weighted by Crippen LogP contribution is -1.92. The van der Waals surface area contributed by atoms with Crippen molar-refractivity contribution in [3.8, 4) is 0 Å². The van der Waals surface area contributed by atoms with Crippen molar-refractivity contribution in [1.82, 2.24) is 4.57 Å². The summed E-state index contributed by atoms with van der Waals surface area (Å²) in [7, 11) is 0.907. The van der Waals surface area contributed by atoms with E-state index >= 15 is 0 Å². The molecule has 0 fully saturated rings. The van der Waals surface area contributed by atoms with Crippen molar-refractivity contribution >= 4 is 21.7 Å². The largest absolute Gasteiger partial charge is 0.351 e. The molecule has 2 nitrogen and oxygen atoms in total. The Labute approximate surface area is 108 Å². The van der Waals surface area contributed by atoms with E-state index in [4.69, 9.17) is 0 Å². The first-order valence-electron chi connectivity index (χ1n) is 5.77. The Hall–Kier alpha value is -1.87. The molecule has 0 saturated carbocycles. The van der Waals surface area contributed by atoms with Crippen LogP contribution in [0.1, 0.15) is 0 Å². The number of benzene rings is 2. The van der Waals surface area contributed by atoms with Gasteiger partial charge in [0.2, 0.25) is 0 Å². The summed E-state index contributed by atoms with van der Waals surface area (Å²) in [6, 6.07) is 17.5. The molecule has 2 aromatic carbocycles. The van der Waals surface area contributed by atoms with E-state index in [9.17, 15) is 4.21 Å². The average molecular weight is 255 g/mol. The van der Waals surface area contributed by atoms with Crippen molar-refractivity contribution in [1.29, 1.82) is 0 Å². The van der Waals surface area contributed by atoms with Crippen molar-refractivity contribution in [3.63, 3.8) is 0 Å². The number of nitrogens with zero attached hydrogens (tertiary/aromatic N) is 1. The molecule has 0 N–H and O–H groups in total. The van der Waals surface area contributed by atoms with Crippen LogP contribution in [0.2, 0.25) is 0 Å². The van der Waals surface area contributed by atoms with Gasteiger partial charge in [-0.15, -0.1) is 0 Å². The van der Waals surface area contributed by atoms with Crippen LogP contribution in [0.25, 0.3) is 10.9 Å². The molecule has 3 aromatic rings. The van der Waals surface area contributed by atoms with Crippen LogP contribution in [0.3, 0.4) is 0 Å². The van der Waals surface area contributed by atoms with Crippen molar-refractivity contribution in [2.75, 3.05) is 0 Å². The van der Waals surface area contributed by atoms with E-state index in [0.717, 1.165) is 20.7 Å². The van der Waals surface area contributed by atoms with E-state index in [0.29, 0.717) is 0 Å². The normalized spacial score (nSPS) is 12.7. The fourth-order valence-electron chi connectivity index (χ4n) is 2.06. The molecule has 1 aromatic heterocycles. The molecule has 0 radical (unpaired) electrons. The zero-order valence-electron chi connectivity index (χ0n) is 10.0. The topological polar surface area (TPSA) is 22.0 Å². The molecule has 0 spiro atoms. The number of rotatable bonds is 2. The van der Waals surface area contributed by atoms with Gasteiger partial charge in [0.15, 0.2) is 0 Å². The van der Waals surface area contributed by atoms with Gasteiger partial charge < -0.3 is 4.57 Å². The first-order valence-corrected chi connectivity index (χ1v) is 6.92. The Morgan fingerprint density at radius 1 is 0.944 bits per heavy atom. The minimum atomic E-state index is -1.10. The maximum atomic E-state index is 12.4. The third-order valence-electron chi connectivity index (χ3n) is 3.03. The van der Waals surface area contributed by atoms with Crippen molar-refractivity contribution < 1.29 is 4.21 Å². The van der Waals surface area contributed by atoms with Gasteiger partial charge in [-0.05, 0) is 36.4 Å². The fraction of sp³-hybridized carbons (Fsp3) is 0.0667. The Bertz CT molecular complexity index is 716. The van der Waals surface area contributed by atoms with E-state index in [-0.39, 0.29) is 0 Å². The smallest absolute Gasteiger partial charge is 0.0849 e. The zero-order valence-corrected chi connectivity index (χ0v) is 10.9. The predicted molar refractivity (Wildman–Crippen MR) is 74.0 cm³/mol. The molecule has 1 unspecified atom stereocenters. The van der Waals surface area contributed by atoms with E-state index in [1.54, 1.807) is 0 Å². The number of aryl methyl sites for hydroxylation is 1. The second-order valence-electron chi connectivity index (χ2n) is 4.23. The molecule has 1 atom stereocenters. The lowest BCUT2D eigenvalue weighted by Gasteiger charge is -2.03. The Balaban J connectivity index is 2.07. The van der Waals surface area contributed by atoms with Crippen LogP contribution in [0, 0.1) is 0 Å². The highest BCUT2D eigenvalue weighted by atomic mass is 32.2. The number of aromatic nitrogens is 1. The Morgan fingerprint density at radius 2 is 1.72 bits per heavy atom. The molecule has 0 aliphatic rings. The Kier molecular flexibility index (Phi) is 2.76. The molecule has 0 aliphatic heterocycles. The van der Waals surface area contributed by atoms with E-state index in [1.165, 1.54) is 0 Å². The van der Waals surface area contributed by atoms with Gasteiger partial charge in [0.1, 0.15) is 0 Å². The maximum absolute atomic E-state index is 12.4. The molecule has 3 rings (SSSR count). The van der Waals surface area contributed by atoms with Crippen LogP contribution in [-0.2, 0) is 17.8 Å². The average Bonchev–Trinajstić information content (AvgIpc) is 2.80. The van der Waals surface area contributed by atoms with Gasteiger partial charge in [-0.2, -0.15) is 0 Å². The summed E-state index contributed by atoms with van der Waals surface area (Å²) in [5, 5.41) is 1.12. The Morgan fingerprint density at radius 3 is 2.50 bits per heavy atom. The maximum Gasteiger partial charge on any atom is 0.0849 e. The van der Waals surface area contributed by atoms with Crippen molar-refractivity contribution in [2.24, 2.45) is 7.05 Å². The molecule has 0 amide bonds. The van der Waals surface area contributed by atoms with Crippen molar-refractivity contribution in [3.05, 3.63) is 60.8 Å². The molecule has 0 aliphatic carbocycles. The minimum Gasteiger partial charge on any atom is -0.351 e. The quantitative estimate of drug-likeness (QED) is 0.688. The summed E-state index contributed by atoms with van der Waals surface area (Å²) < 4.78 is 14.5. The van der Waals surface area contributed by atoms with Gasteiger partial charge >= 0.3 is 0 Å². The standard InChI is InChI=1S/C15H13NOS/c1-16-10-9-12-11-14(7-8-15(12)16)18(17)13-5-3-2-4-6-13/h2-11H,1H3. The first-order chi connectivity index (χ1) is 8.75. The molecule has 0 bridgehead atoms. The highest BCUT2D eigenvalue weighted by Crippen LogP contribution is 2.22. The van der Waals surface area contributed by atoms with E-state index in [1.807, 2.05) is 67.8 Å². The first kappa shape index (κ1) is 11.2. The third kappa shape index (κ3) is 1.87. The van der Waals surface area contributed by atoms with Crippen LogP contribution in [-0.4, -0.2) is 8.78 Å². The summed E-state index contributed by atoms with van der Waals surface area (Å²) in [5.41, 5.74) is 1.16. The molecule has 1 heterocycles. The second kappa shape index (κ2) is 4.42. The molecule has 0 saturated heterocycles. The highest BCUT2D eigenvalue weighted by molar-refractivity contribution is 7.85. The summed E-state index contributed by atoms with van der Waals surface area (Å²) in [5.74, 6) is 0. The summed E-state index contributed by atoms with van der Waals surface area (Å²) in [6.45, 7) is 0. The number of hydrogen-bond donors (Lipinski definition) is 0. The van der Waals surface area contributed by atoms with Crippen LogP contribution in [0.5, 0.6) is 0 Å². The molecule has 90 valence electrons. The number of hydrogen-bond acceptors (Lipinski definition) is 1. The fourth-order valence-corrected chi connectivity index (χ4v) is 3.16. The van der Waals surface area contributed by atoms with Crippen LogP contribution < -0.4 is 0 Å². The van der Waals surface area contributed by atoms with Crippen LogP contribution in [0.15, 0.2) is 70.6 Å². The molecule has 18 heavy (non-hydrogen) atoms. The molecule has 3 heteroatoms. The number of fused-ring (bicyclic) bond motifs is 1. The van der Waals surface area contributed by atoms with Gasteiger partial charge in [0.25, 0.3) is 0 Å². The summed E-state index contributed by atoms with van der Waals surface area (Å²) >= 11 is 0. The van der Waals surface area contributed by atoms with Gasteiger partial charge in [0.05, 0.1) is 10.8 Å². The van der Waals surface area contributed by atoms with Gasteiger partial charge in [-0.25, -0.2) is 4.21 Å². The van der Waals surface area contributed by atoms with E-state index < -0.39 is 10.8 Å². The zero-order chi connectivity index (χ0) is 12.5. The van der Waals surface area contributed by atoms with Crippen LogP contribution in [0.4, 0.5) is 0 Å². The summed E-state index contributed by atoms with van der Waals surface area (Å²) in [4.78, 5) is 1.69. The molecular weight excluding hydrogens is 242 g/mol. The third-order valence-corrected chi connectivity index (χ3v) is 4.41. The van der Waals surface area contributed by atoms with Crippen molar-refractivity contribution in [2.45, 2.75) is 9.79 Å². The SMILES string of the molecule is Cn1ccc2cc(S(=O)c3ccccc3)ccc21. The van der Waals surface area contributed by atoms with Crippen LogP contribution >= 0.6 is 0 Å². The van der Waals surface area contributed by atoms with Gasteiger partial charge in [-0.1, -0.05) is 18.2 Å². The summed E-state index contributed by atoms with van der Waals surface area (Å²) in [6.07, 6.45) is 2.01. The van der Waals surface area contributed by atoms with Gasteiger partial charge in [-0.3, -0.25) is 0 Å². The van der Waals surface area contributed by atoms with E-state index in [2.05, 4.69) is 4.57 Å². The lowest BCUT2D eigenvalue weighted by molar-refractivity contribution is 0.683. The minimum absolute atomic E-state index is 0.841. The molecular formula is C15H13NOS. The predicted octanol–water partition coefficient (Wildman–Crippen LogP) is 3.35. The second-order valence-corrected chi connectivity index (χ2v) is 5.71. The highest BCUT2D eigenvalue weighted by Gasteiger charge is 2.08. The lowest BCUT2D eigenvalue weighted by atomic mass is 10.2. The van der Waals surface area contributed by atoms with Gasteiger partial charge in [0, 0.05) is 33.9 Å².